The molecule has 4 aromatic rings. The third-order valence-corrected chi connectivity index (χ3v) is 5.35. The Kier molecular flexibility index (Phi) is 4.65. The number of alkyl halides is 2. The molecule has 0 saturated carbocycles. The molecule has 7 nitrogen and oxygen atoms in total. The van der Waals surface area contributed by atoms with E-state index in [0.717, 1.165) is 10.1 Å². The lowest BCUT2D eigenvalue weighted by molar-refractivity contribution is -0.119. The van der Waals surface area contributed by atoms with Gasteiger partial charge in [-0.15, -0.1) is 0 Å². The molecule has 3 heterocycles. The number of amides is 1. The quantitative estimate of drug-likeness (QED) is 0.498. The first kappa shape index (κ1) is 19.2. The number of carbonyl (C=O) groups is 1. The van der Waals surface area contributed by atoms with E-state index >= 15 is 0 Å². The zero-order valence-corrected chi connectivity index (χ0v) is 16.3. The Labute approximate surface area is 174 Å². The van der Waals surface area contributed by atoms with Crippen molar-refractivity contribution in [1.82, 2.24) is 9.55 Å². The molecule has 0 atom stereocenters. The van der Waals surface area contributed by atoms with Crippen LogP contribution in [0.25, 0.3) is 22.1 Å². The maximum absolute atomic E-state index is 13.1. The number of carbonyl (C=O) groups excluding carboxylic acids is 1. The largest absolute Gasteiger partial charge is 0.448 e. The van der Waals surface area contributed by atoms with Crippen molar-refractivity contribution in [3.8, 4) is 5.75 Å². The van der Waals surface area contributed by atoms with Crippen LogP contribution in [0.3, 0.4) is 0 Å². The first-order valence-electron chi connectivity index (χ1n) is 9.76. The monoisotopic (exact) mass is 425 g/mol. The van der Waals surface area contributed by atoms with Gasteiger partial charge in [0.15, 0.2) is 0 Å². The topological polar surface area (TPSA) is 77.6 Å². The number of ether oxygens (including phenoxy) is 1. The van der Waals surface area contributed by atoms with E-state index < -0.39 is 18.1 Å². The lowest BCUT2D eigenvalue weighted by Crippen LogP contribution is -2.40. The Bertz CT molecular complexity index is 1360. The number of hydrogen-bond acceptors (Lipinski definition) is 5. The van der Waals surface area contributed by atoms with Gasteiger partial charge in [-0.3, -0.25) is 14.2 Å². The summed E-state index contributed by atoms with van der Waals surface area (Å²) in [5, 5.41) is 0.715. The molecule has 0 aliphatic carbocycles. The molecule has 0 bridgehead atoms. The molecule has 0 fully saturated rings. The summed E-state index contributed by atoms with van der Waals surface area (Å²) in [6, 6.07) is 12.0. The van der Waals surface area contributed by atoms with Crippen LogP contribution in [0.15, 0.2) is 58.0 Å². The van der Waals surface area contributed by atoms with E-state index in [2.05, 4.69) is 9.72 Å². The average Bonchev–Trinajstić information content (AvgIpc) is 3.14. The molecular weight excluding hydrogens is 408 g/mol. The summed E-state index contributed by atoms with van der Waals surface area (Å²) in [7, 11) is 0. The van der Waals surface area contributed by atoms with Crippen molar-refractivity contribution in [2.45, 2.75) is 26.0 Å². The van der Waals surface area contributed by atoms with Crippen molar-refractivity contribution < 1.29 is 22.7 Å². The van der Waals surface area contributed by atoms with Crippen LogP contribution in [0.4, 0.5) is 14.5 Å². The first-order chi connectivity index (χ1) is 15.0. The molecule has 0 N–H and O–H groups in total. The number of hydrogen-bond donors (Lipinski definition) is 0. The van der Waals surface area contributed by atoms with Crippen molar-refractivity contribution in [3.05, 3.63) is 64.7 Å². The van der Waals surface area contributed by atoms with E-state index in [1.54, 1.807) is 30.3 Å². The van der Waals surface area contributed by atoms with E-state index in [9.17, 15) is 18.4 Å². The van der Waals surface area contributed by atoms with Crippen LogP contribution in [0.1, 0.15) is 12.0 Å². The molecular formula is C22H17F2N3O4. The number of para-hydroxylation sites is 2. The molecule has 0 spiro atoms. The molecule has 0 saturated heterocycles. The lowest BCUT2D eigenvalue weighted by Gasteiger charge is -2.31. The van der Waals surface area contributed by atoms with E-state index in [4.69, 9.17) is 4.42 Å². The number of furan rings is 1. The molecule has 1 aliphatic heterocycles. The lowest BCUT2D eigenvalue weighted by atomic mass is 10.0. The van der Waals surface area contributed by atoms with Gasteiger partial charge in [-0.1, -0.05) is 24.3 Å². The number of nitrogens with zero attached hydrogens (tertiary/aromatic N) is 3. The minimum Gasteiger partial charge on any atom is -0.448 e. The van der Waals surface area contributed by atoms with E-state index in [-0.39, 0.29) is 17.9 Å². The second-order valence-corrected chi connectivity index (χ2v) is 7.24. The second kappa shape index (κ2) is 7.50. The highest BCUT2D eigenvalue weighted by Gasteiger charge is 2.28. The zero-order valence-electron chi connectivity index (χ0n) is 16.3. The van der Waals surface area contributed by atoms with Crippen LogP contribution in [-0.2, 0) is 17.8 Å². The van der Waals surface area contributed by atoms with Gasteiger partial charge in [-0.2, -0.15) is 8.78 Å². The van der Waals surface area contributed by atoms with Crippen molar-refractivity contribution >= 4 is 33.7 Å². The zero-order chi connectivity index (χ0) is 21.5. The molecule has 158 valence electrons. The first-order valence-corrected chi connectivity index (χ1v) is 9.76. The Balaban J connectivity index is 1.50. The predicted octanol–water partition coefficient (Wildman–Crippen LogP) is 3.72. The van der Waals surface area contributed by atoms with Crippen molar-refractivity contribution in [2.24, 2.45) is 0 Å². The van der Waals surface area contributed by atoms with Crippen LogP contribution in [-0.4, -0.2) is 28.6 Å². The maximum atomic E-state index is 13.1. The van der Waals surface area contributed by atoms with Crippen LogP contribution < -0.4 is 15.2 Å². The normalized spacial score (nSPS) is 13.7. The van der Waals surface area contributed by atoms with Crippen LogP contribution in [0, 0.1) is 0 Å². The Morgan fingerprint density at radius 3 is 2.87 bits per heavy atom. The summed E-state index contributed by atoms with van der Waals surface area (Å²) < 4.78 is 37.2. The molecule has 1 aliphatic rings. The molecule has 5 rings (SSSR count). The van der Waals surface area contributed by atoms with Crippen molar-refractivity contribution in [1.29, 1.82) is 0 Å². The molecule has 0 radical (unpaired) electrons. The van der Waals surface area contributed by atoms with Crippen LogP contribution in [0.2, 0.25) is 0 Å². The van der Waals surface area contributed by atoms with Gasteiger partial charge in [0.05, 0.1) is 12.0 Å². The Morgan fingerprint density at radius 1 is 1.19 bits per heavy atom. The summed E-state index contributed by atoms with van der Waals surface area (Å²) >= 11 is 0. The Morgan fingerprint density at radius 2 is 2.03 bits per heavy atom. The standard InChI is InChI=1S/C22H17F2N3O4/c23-22(24)31-16-9-3-5-13-6-4-10-27(19(13)16)17(28)11-26-12-25-18-14-7-1-2-8-15(14)30-20(18)21(26)29/h1-3,5,7-9,12,22H,4,6,10-11H2. The number of fused-ring (bicyclic) bond motifs is 4. The fourth-order valence-corrected chi connectivity index (χ4v) is 4.01. The molecule has 2 aromatic carbocycles. The third-order valence-electron chi connectivity index (χ3n) is 5.35. The summed E-state index contributed by atoms with van der Waals surface area (Å²) in [5.41, 5.74) is 1.62. The fourth-order valence-electron chi connectivity index (χ4n) is 4.01. The maximum Gasteiger partial charge on any atom is 0.387 e. The molecule has 9 heteroatoms. The number of benzene rings is 2. The van der Waals surface area contributed by atoms with E-state index in [1.807, 2.05) is 6.07 Å². The van der Waals surface area contributed by atoms with Gasteiger partial charge in [-0.05, 0) is 36.6 Å². The smallest absolute Gasteiger partial charge is 0.387 e. The average molecular weight is 425 g/mol. The van der Waals surface area contributed by atoms with Crippen molar-refractivity contribution in [3.63, 3.8) is 0 Å². The van der Waals surface area contributed by atoms with Gasteiger partial charge in [0.25, 0.3) is 5.56 Å². The number of halogens is 2. The third kappa shape index (κ3) is 3.31. The highest BCUT2D eigenvalue weighted by molar-refractivity contribution is 6.02. The number of aryl methyl sites for hydroxylation is 1. The van der Waals surface area contributed by atoms with Crippen LogP contribution >= 0.6 is 0 Å². The second-order valence-electron chi connectivity index (χ2n) is 7.24. The van der Waals surface area contributed by atoms with E-state index in [1.165, 1.54) is 17.3 Å². The number of rotatable bonds is 4. The summed E-state index contributed by atoms with van der Waals surface area (Å²) in [5.74, 6) is -0.482. The van der Waals surface area contributed by atoms with Crippen LogP contribution in [0.5, 0.6) is 5.75 Å². The summed E-state index contributed by atoms with van der Waals surface area (Å²) in [6.45, 7) is -2.97. The van der Waals surface area contributed by atoms with Gasteiger partial charge in [0.2, 0.25) is 11.5 Å². The van der Waals surface area contributed by atoms with E-state index in [0.29, 0.717) is 41.6 Å². The molecule has 2 aromatic heterocycles. The minimum absolute atomic E-state index is 0.0567. The van der Waals surface area contributed by atoms with Gasteiger partial charge >= 0.3 is 6.61 Å². The predicted molar refractivity (Wildman–Crippen MR) is 110 cm³/mol. The highest BCUT2D eigenvalue weighted by Crippen LogP contribution is 2.37. The van der Waals surface area contributed by atoms with Gasteiger partial charge in [0, 0.05) is 11.9 Å². The van der Waals surface area contributed by atoms with Gasteiger partial charge in [-0.25, -0.2) is 4.98 Å². The number of aromatic nitrogens is 2. The van der Waals surface area contributed by atoms with Gasteiger partial charge in [0.1, 0.15) is 23.4 Å². The summed E-state index contributed by atoms with van der Waals surface area (Å²) in [4.78, 5) is 31.7. The molecule has 0 unspecified atom stereocenters. The molecule has 1 amide bonds. The fraction of sp³-hybridized carbons (Fsp3) is 0.227. The SMILES string of the molecule is O=C(Cn1cnc2c(oc3ccccc32)c1=O)N1CCCc2cccc(OC(F)F)c21. The number of anilines is 1. The van der Waals surface area contributed by atoms with Gasteiger partial charge < -0.3 is 14.1 Å². The summed E-state index contributed by atoms with van der Waals surface area (Å²) in [6.07, 6.45) is 2.62. The van der Waals surface area contributed by atoms with Crippen molar-refractivity contribution in [2.75, 3.05) is 11.4 Å². The highest BCUT2D eigenvalue weighted by atomic mass is 19.3. The Hall–Kier alpha value is -3.75. The molecule has 31 heavy (non-hydrogen) atoms. The minimum atomic E-state index is -3.01.